The number of aromatic nitrogens is 2. The van der Waals surface area contributed by atoms with Crippen molar-refractivity contribution in [2.75, 3.05) is 0 Å². The first kappa shape index (κ1) is 26.0. The number of hydrogen-bond donors (Lipinski definition) is 2. The van der Waals surface area contributed by atoms with Crippen LogP contribution in [-0.2, 0) is 21.4 Å². The summed E-state index contributed by atoms with van der Waals surface area (Å²) < 4.78 is 86.8. The van der Waals surface area contributed by atoms with Crippen LogP contribution in [0.1, 0.15) is 12.6 Å². The summed E-state index contributed by atoms with van der Waals surface area (Å²) in [5.74, 6) is -1.61. The van der Waals surface area contributed by atoms with Gasteiger partial charge in [-0.2, -0.15) is 4.72 Å². The highest BCUT2D eigenvalue weighted by Gasteiger charge is 2.31. The Hall–Kier alpha value is -4.04. The number of alkyl halides is 3. The fourth-order valence-electron chi connectivity index (χ4n) is 3.28. The monoisotopic (exact) mass is 538 g/mol. The topological polar surface area (TPSA) is 123 Å². The van der Waals surface area contributed by atoms with Crippen molar-refractivity contribution in [2.24, 2.45) is 0 Å². The molecule has 14 heteroatoms. The van der Waals surface area contributed by atoms with Gasteiger partial charge in [0.05, 0.1) is 24.0 Å². The third-order valence-corrected chi connectivity index (χ3v) is 6.39. The summed E-state index contributed by atoms with van der Waals surface area (Å²) in [6.07, 6.45) is -3.59. The molecule has 37 heavy (non-hydrogen) atoms. The lowest BCUT2D eigenvalue weighted by molar-refractivity contribution is -0.274. The summed E-state index contributed by atoms with van der Waals surface area (Å²) >= 11 is 0. The largest absolute Gasteiger partial charge is 0.573 e. The summed E-state index contributed by atoms with van der Waals surface area (Å²) in [5.41, 5.74) is 1.40. The lowest BCUT2D eigenvalue weighted by atomic mass is 10.1. The molecule has 1 atom stereocenters. The molecule has 0 unspecified atom stereocenters. The minimum atomic E-state index is -4.81. The van der Waals surface area contributed by atoms with Gasteiger partial charge < -0.3 is 14.5 Å². The van der Waals surface area contributed by atoms with Gasteiger partial charge in [0.25, 0.3) is 10.0 Å². The average Bonchev–Trinajstić information content (AvgIpc) is 3.26. The van der Waals surface area contributed by atoms with E-state index >= 15 is 0 Å². The van der Waals surface area contributed by atoms with Crippen molar-refractivity contribution in [3.05, 3.63) is 72.4 Å². The van der Waals surface area contributed by atoms with E-state index in [0.717, 1.165) is 30.3 Å². The number of fused-ring (bicyclic) bond motifs is 1. The minimum absolute atomic E-state index is 0.0837. The van der Waals surface area contributed by atoms with Crippen molar-refractivity contribution >= 4 is 26.9 Å². The number of benzene rings is 2. The second kappa shape index (κ2) is 10.1. The molecule has 2 heterocycles. The van der Waals surface area contributed by atoms with Crippen LogP contribution < -0.4 is 14.8 Å². The standard InChI is InChI=1S/C23H18F4N4O5S/c1-13(31-37(33,34)21-9-15-8-16(24)4-7-20(15)35-21)22(32)28-11-17-10-19(30-12-29-17)14-2-5-18(6-3-14)36-23(25,26)27/h2-10,12-13,31H,11H2,1H3,(H,28,32)/t13-/m0/s1. The molecule has 0 fully saturated rings. The van der Waals surface area contributed by atoms with E-state index in [9.17, 15) is 30.8 Å². The fourth-order valence-corrected chi connectivity index (χ4v) is 4.45. The smallest absolute Gasteiger partial charge is 0.443 e. The van der Waals surface area contributed by atoms with Crippen molar-refractivity contribution in [3.8, 4) is 17.0 Å². The zero-order valence-corrected chi connectivity index (χ0v) is 19.7. The maximum absolute atomic E-state index is 13.4. The van der Waals surface area contributed by atoms with Gasteiger partial charge in [-0.25, -0.2) is 22.8 Å². The predicted molar refractivity (Wildman–Crippen MR) is 122 cm³/mol. The van der Waals surface area contributed by atoms with Gasteiger partial charge in [-0.05, 0) is 55.5 Å². The van der Waals surface area contributed by atoms with E-state index < -0.39 is 39.2 Å². The number of nitrogens with zero attached hydrogens (tertiary/aromatic N) is 2. The number of amides is 1. The first-order valence-corrected chi connectivity index (χ1v) is 12.0. The summed E-state index contributed by atoms with van der Waals surface area (Å²) in [6, 6.07) is 10.0. The third-order valence-electron chi connectivity index (χ3n) is 5.00. The Morgan fingerprint density at radius 2 is 1.81 bits per heavy atom. The Kier molecular flexibility index (Phi) is 7.14. The van der Waals surface area contributed by atoms with Gasteiger partial charge in [-0.15, -0.1) is 13.2 Å². The Labute approximate surface area is 207 Å². The lowest BCUT2D eigenvalue weighted by Crippen LogP contribution is -2.44. The van der Waals surface area contributed by atoms with Gasteiger partial charge in [0.2, 0.25) is 11.0 Å². The molecule has 0 aliphatic carbocycles. The minimum Gasteiger partial charge on any atom is -0.443 e. The SMILES string of the molecule is C[C@H](NS(=O)(=O)c1cc2cc(F)ccc2o1)C(=O)NCc1cc(-c2ccc(OC(F)(F)F)cc2)ncn1. The molecule has 194 valence electrons. The highest BCUT2D eigenvalue weighted by atomic mass is 32.2. The van der Waals surface area contributed by atoms with E-state index in [0.29, 0.717) is 17.0 Å². The normalized spacial score (nSPS) is 12.9. The number of halogens is 4. The summed E-state index contributed by atoms with van der Waals surface area (Å²) in [6.45, 7) is 1.24. The predicted octanol–water partition coefficient (Wildman–Crippen LogP) is 3.91. The molecule has 0 radical (unpaired) electrons. The number of furan rings is 1. The summed E-state index contributed by atoms with van der Waals surface area (Å²) in [7, 11) is -4.23. The Morgan fingerprint density at radius 1 is 1.08 bits per heavy atom. The van der Waals surface area contributed by atoms with E-state index in [4.69, 9.17) is 4.42 Å². The fraction of sp³-hybridized carbons (Fsp3) is 0.174. The quantitative estimate of drug-likeness (QED) is 0.326. The molecule has 0 saturated heterocycles. The maximum Gasteiger partial charge on any atom is 0.573 e. The van der Waals surface area contributed by atoms with E-state index in [-0.39, 0.29) is 23.3 Å². The molecule has 1 amide bonds. The number of rotatable bonds is 8. The van der Waals surface area contributed by atoms with Gasteiger partial charge >= 0.3 is 6.36 Å². The number of nitrogens with one attached hydrogen (secondary N) is 2. The molecule has 2 N–H and O–H groups in total. The molecular weight excluding hydrogens is 520 g/mol. The van der Waals surface area contributed by atoms with Gasteiger partial charge in [0, 0.05) is 17.0 Å². The highest BCUT2D eigenvalue weighted by Crippen LogP contribution is 2.26. The zero-order chi connectivity index (χ0) is 26.8. The molecule has 0 saturated carbocycles. The van der Waals surface area contributed by atoms with Crippen molar-refractivity contribution in [2.45, 2.75) is 31.0 Å². The molecule has 0 bridgehead atoms. The van der Waals surface area contributed by atoms with Gasteiger partial charge in [0.15, 0.2) is 0 Å². The molecule has 4 aromatic rings. The van der Waals surface area contributed by atoms with Crippen molar-refractivity contribution in [3.63, 3.8) is 0 Å². The van der Waals surface area contributed by atoms with E-state index in [2.05, 4.69) is 24.7 Å². The molecule has 2 aromatic heterocycles. The number of carbonyl (C=O) groups is 1. The molecule has 4 rings (SSSR count). The number of sulfonamides is 1. The molecule has 0 spiro atoms. The van der Waals surface area contributed by atoms with Crippen LogP contribution in [0.15, 0.2) is 70.4 Å². The van der Waals surface area contributed by atoms with Gasteiger partial charge in [-0.1, -0.05) is 0 Å². The van der Waals surface area contributed by atoms with Crippen LogP contribution >= 0.6 is 0 Å². The first-order chi connectivity index (χ1) is 17.4. The number of ether oxygens (including phenoxy) is 1. The number of hydrogen-bond acceptors (Lipinski definition) is 7. The van der Waals surface area contributed by atoms with E-state index in [1.165, 1.54) is 37.5 Å². The third kappa shape index (κ3) is 6.59. The number of carbonyl (C=O) groups excluding carboxylic acids is 1. The molecule has 0 aliphatic rings. The Morgan fingerprint density at radius 3 is 2.51 bits per heavy atom. The molecule has 0 aliphatic heterocycles. The van der Waals surface area contributed by atoms with Crippen molar-refractivity contribution in [1.29, 1.82) is 0 Å². The lowest BCUT2D eigenvalue weighted by Gasteiger charge is -2.13. The molecule has 2 aromatic carbocycles. The van der Waals surface area contributed by atoms with Crippen LogP contribution in [0.25, 0.3) is 22.2 Å². The zero-order valence-electron chi connectivity index (χ0n) is 18.9. The first-order valence-electron chi connectivity index (χ1n) is 10.6. The molecule has 9 nitrogen and oxygen atoms in total. The summed E-state index contributed by atoms with van der Waals surface area (Å²) in [5, 5.41) is 2.32. The van der Waals surface area contributed by atoms with Gasteiger partial charge in [-0.3, -0.25) is 4.79 Å². The second-order valence-corrected chi connectivity index (χ2v) is 9.42. The Bertz CT molecular complexity index is 1540. The summed E-state index contributed by atoms with van der Waals surface area (Å²) in [4.78, 5) is 20.6. The van der Waals surface area contributed by atoms with Crippen LogP contribution in [0.5, 0.6) is 5.75 Å². The maximum atomic E-state index is 13.4. The highest BCUT2D eigenvalue weighted by molar-refractivity contribution is 7.89. The van der Waals surface area contributed by atoms with E-state index in [1.54, 1.807) is 0 Å². The van der Waals surface area contributed by atoms with Crippen LogP contribution in [-0.4, -0.2) is 36.7 Å². The molecular formula is C23H18F4N4O5S. The van der Waals surface area contributed by atoms with Crippen LogP contribution in [0, 0.1) is 5.82 Å². The van der Waals surface area contributed by atoms with Crippen LogP contribution in [0.3, 0.4) is 0 Å². The van der Waals surface area contributed by atoms with Crippen LogP contribution in [0.2, 0.25) is 0 Å². The van der Waals surface area contributed by atoms with E-state index in [1.807, 2.05) is 0 Å². The second-order valence-electron chi connectivity index (χ2n) is 7.78. The average molecular weight is 538 g/mol. The van der Waals surface area contributed by atoms with Crippen LogP contribution in [0.4, 0.5) is 17.6 Å². The van der Waals surface area contributed by atoms with Gasteiger partial charge in [0.1, 0.15) is 23.5 Å². The van der Waals surface area contributed by atoms with Crippen molar-refractivity contribution < 1.29 is 39.9 Å². The van der Waals surface area contributed by atoms with Crippen molar-refractivity contribution in [1.82, 2.24) is 20.0 Å². The Balaban J connectivity index is 1.37.